The fourth-order valence-electron chi connectivity index (χ4n) is 1.93. The van der Waals surface area contributed by atoms with Crippen LogP contribution in [0.4, 0.5) is 0 Å². The van der Waals surface area contributed by atoms with Crippen LogP contribution in [0.2, 0.25) is 4.34 Å². The SMILES string of the molecule is CNC(C)(C)C1(c2ccc(Cl)s2)COC1. The Hall–Kier alpha value is -0.0900. The second-order valence-electron chi connectivity index (χ2n) is 4.55. The molecule has 0 unspecified atom stereocenters. The van der Waals surface area contributed by atoms with Crippen molar-refractivity contribution in [2.45, 2.75) is 24.8 Å². The molecular formula is C11H16ClNOS. The topological polar surface area (TPSA) is 21.3 Å². The fraction of sp³-hybridized carbons (Fsp3) is 0.636. The molecule has 0 aliphatic carbocycles. The Morgan fingerprint density at radius 3 is 2.47 bits per heavy atom. The Bertz CT molecular complexity index is 357. The molecule has 0 spiro atoms. The maximum atomic E-state index is 6.00. The molecule has 1 N–H and O–H groups in total. The molecular weight excluding hydrogens is 230 g/mol. The van der Waals surface area contributed by atoms with Crippen LogP contribution in [-0.2, 0) is 10.2 Å². The maximum absolute atomic E-state index is 6.00. The fourth-order valence-corrected chi connectivity index (χ4v) is 3.29. The van der Waals surface area contributed by atoms with Gasteiger partial charge in [0.25, 0.3) is 0 Å². The van der Waals surface area contributed by atoms with Gasteiger partial charge in [0, 0.05) is 10.4 Å². The van der Waals surface area contributed by atoms with Crippen molar-refractivity contribution >= 4 is 22.9 Å². The van der Waals surface area contributed by atoms with Crippen molar-refractivity contribution < 1.29 is 4.74 Å². The van der Waals surface area contributed by atoms with E-state index in [1.54, 1.807) is 11.3 Å². The van der Waals surface area contributed by atoms with E-state index in [0.717, 1.165) is 17.6 Å². The van der Waals surface area contributed by atoms with Crippen LogP contribution >= 0.6 is 22.9 Å². The molecule has 0 radical (unpaired) electrons. The summed E-state index contributed by atoms with van der Waals surface area (Å²) in [5.74, 6) is 0. The summed E-state index contributed by atoms with van der Waals surface area (Å²) in [6.45, 7) is 5.97. The molecule has 15 heavy (non-hydrogen) atoms. The Morgan fingerprint density at radius 1 is 1.47 bits per heavy atom. The standard InChI is InChI=1S/C11H16ClNOS/c1-10(2,13-3)11(6-14-7-11)8-4-5-9(12)15-8/h4-5,13H,6-7H2,1-3H3. The van der Waals surface area contributed by atoms with Gasteiger partial charge in [0.15, 0.2) is 0 Å². The molecule has 0 saturated carbocycles. The largest absolute Gasteiger partial charge is 0.379 e. The van der Waals surface area contributed by atoms with Gasteiger partial charge in [-0.2, -0.15) is 0 Å². The number of hydrogen-bond donors (Lipinski definition) is 1. The van der Waals surface area contributed by atoms with Crippen LogP contribution in [0.3, 0.4) is 0 Å². The summed E-state index contributed by atoms with van der Waals surface area (Å²) in [4.78, 5) is 1.32. The molecule has 4 heteroatoms. The quantitative estimate of drug-likeness (QED) is 0.884. The summed E-state index contributed by atoms with van der Waals surface area (Å²) in [7, 11) is 2.00. The Morgan fingerprint density at radius 2 is 2.13 bits per heavy atom. The Labute approximate surface area is 99.6 Å². The number of ether oxygens (including phenoxy) is 1. The van der Waals surface area contributed by atoms with Gasteiger partial charge in [-0.25, -0.2) is 0 Å². The molecule has 1 aliphatic rings. The van der Waals surface area contributed by atoms with Gasteiger partial charge in [-0.15, -0.1) is 11.3 Å². The minimum absolute atomic E-state index is 0.0272. The van der Waals surface area contributed by atoms with Gasteiger partial charge in [-0.3, -0.25) is 0 Å². The zero-order chi connectivity index (χ0) is 11.1. The smallest absolute Gasteiger partial charge is 0.0931 e. The summed E-state index contributed by atoms with van der Waals surface area (Å²) in [6.07, 6.45) is 0. The Balaban J connectivity index is 2.38. The van der Waals surface area contributed by atoms with Crippen molar-refractivity contribution in [3.63, 3.8) is 0 Å². The van der Waals surface area contributed by atoms with Crippen molar-refractivity contribution in [1.29, 1.82) is 0 Å². The number of likely N-dealkylation sites (N-methyl/N-ethyl adjacent to an activating group) is 1. The van der Waals surface area contributed by atoms with Crippen molar-refractivity contribution in [2.24, 2.45) is 0 Å². The average Bonchev–Trinajstić information content (AvgIpc) is 2.50. The van der Waals surface area contributed by atoms with E-state index in [9.17, 15) is 0 Å². The lowest BCUT2D eigenvalue weighted by atomic mass is 9.68. The number of halogens is 1. The summed E-state index contributed by atoms with van der Waals surface area (Å²) in [5.41, 5.74) is 0.110. The number of thiophene rings is 1. The molecule has 0 atom stereocenters. The van der Waals surface area contributed by atoms with Crippen molar-refractivity contribution in [1.82, 2.24) is 5.32 Å². The molecule has 1 aliphatic heterocycles. The van der Waals surface area contributed by atoms with Gasteiger partial charge in [0.05, 0.1) is 23.0 Å². The zero-order valence-corrected chi connectivity index (χ0v) is 10.8. The summed E-state index contributed by atoms with van der Waals surface area (Å²) in [5, 5.41) is 3.38. The van der Waals surface area contributed by atoms with Crippen LogP contribution in [-0.4, -0.2) is 25.8 Å². The summed E-state index contributed by atoms with van der Waals surface area (Å²) >= 11 is 7.66. The molecule has 2 heterocycles. The highest BCUT2D eigenvalue weighted by molar-refractivity contribution is 7.16. The van der Waals surface area contributed by atoms with Crippen molar-refractivity contribution in [3.05, 3.63) is 21.3 Å². The van der Waals surface area contributed by atoms with E-state index in [1.165, 1.54) is 4.88 Å². The molecule has 2 rings (SSSR count). The molecule has 1 aromatic rings. The lowest BCUT2D eigenvalue weighted by Gasteiger charge is -2.51. The van der Waals surface area contributed by atoms with E-state index >= 15 is 0 Å². The molecule has 1 aromatic heterocycles. The first-order chi connectivity index (χ1) is 7.02. The van der Waals surface area contributed by atoms with Gasteiger partial charge in [0.2, 0.25) is 0 Å². The van der Waals surface area contributed by atoms with Crippen LogP contribution in [0.15, 0.2) is 12.1 Å². The van der Waals surface area contributed by atoms with E-state index in [4.69, 9.17) is 16.3 Å². The monoisotopic (exact) mass is 245 g/mol. The third kappa shape index (κ3) is 1.62. The molecule has 84 valence electrons. The molecule has 2 nitrogen and oxygen atoms in total. The van der Waals surface area contributed by atoms with Crippen LogP contribution in [0.5, 0.6) is 0 Å². The van der Waals surface area contributed by atoms with Gasteiger partial charge in [-0.1, -0.05) is 11.6 Å². The predicted octanol–water partition coefficient (Wildman–Crippen LogP) is 2.67. The van der Waals surface area contributed by atoms with Crippen LogP contribution in [0, 0.1) is 0 Å². The number of rotatable bonds is 3. The lowest BCUT2D eigenvalue weighted by molar-refractivity contribution is -0.0971. The molecule has 0 bridgehead atoms. The summed E-state index contributed by atoms with van der Waals surface area (Å²) < 4.78 is 6.26. The Kier molecular flexibility index (Phi) is 2.84. The van der Waals surface area contributed by atoms with Gasteiger partial charge in [-0.05, 0) is 33.0 Å². The first-order valence-corrected chi connectivity index (χ1v) is 6.24. The van der Waals surface area contributed by atoms with Gasteiger partial charge >= 0.3 is 0 Å². The van der Waals surface area contributed by atoms with Crippen LogP contribution < -0.4 is 5.32 Å². The molecule has 1 saturated heterocycles. The van der Waals surface area contributed by atoms with E-state index in [1.807, 2.05) is 13.1 Å². The minimum atomic E-state index is 0.0272. The number of hydrogen-bond acceptors (Lipinski definition) is 3. The van der Waals surface area contributed by atoms with Gasteiger partial charge in [0.1, 0.15) is 0 Å². The average molecular weight is 246 g/mol. The molecule has 0 amide bonds. The van der Waals surface area contributed by atoms with E-state index in [0.29, 0.717) is 0 Å². The highest BCUT2D eigenvalue weighted by atomic mass is 35.5. The highest BCUT2D eigenvalue weighted by Gasteiger charge is 2.52. The zero-order valence-electron chi connectivity index (χ0n) is 9.26. The second kappa shape index (κ2) is 3.74. The second-order valence-corrected chi connectivity index (χ2v) is 6.27. The first-order valence-electron chi connectivity index (χ1n) is 5.04. The van der Waals surface area contributed by atoms with Crippen LogP contribution in [0.25, 0.3) is 0 Å². The van der Waals surface area contributed by atoms with E-state index in [2.05, 4.69) is 25.2 Å². The first kappa shape index (κ1) is 11.4. The normalized spacial score (nSPS) is 20.0. The minimum Gasteiger partial charge on any atom is -0.379 e. The molecule has 1 fully saturated rings. The third-order valence-electron chi connectivity index (χ3n) is 3.56. The summed E-state index contributed by atoms with van der Waals surface area (Å²) in [6, 6.07) is 4.09. The number of nitrogens with one attached hydrogen (secondary N) is 1. The predicted molar refractivity (Wildman–Crippen MR) is 65.0 cm³/mol. The van der Waals surface area contributed by atoms with Crippen molar-refractivity contribution in [2.75, 3.05) is 20.3 Å². The van der Waals surface area contributed by atoms with Gasteiger partial charge < -0.3 is 10.1 Å². The van der Waals surface area contributed by atoms with E-state index in [-0.39, 0.29) is 11.0 Å². The van der Waals surface area contributed by atoms with Crippen LogP contribution in [0.1, 0.15) is 18.7 Å². The highest BCUT2D eigenvalue weighted by Crippen LogP contribution is 2.45. The maximum Gasteiger partial charge on any atom is 0.0931 e. The lowest BCUT2D eigenvalue weighted by Crippen LogP contribution is -2.65. The van der Waals surface area contributed by atoms with E-state index < -0.39 is 0 Å². The molecule has 0 aromatic carbocycles. The third-order valence-corrected chi connectivity index (χ3v) is 5.00. The van der Waals surface area contributed by atoms with Crippen molar-refractivity contribution in [3.8, 4) is 0 Å².